The fourth-order valence-corrected chi connectivity index (χ4v) is 2.90. The lowest BCUT2D eigenvalue weighted by Crippen LogP contribution is -2.40. The van der Waals surface area contributed by atoms with E-state index in [1.54, 1.807) is 11.3 Å². The van der Waals surface area contributed by atoms with E-state index in [4.69, 9.17) is 0 Å². The molecule has 2 aromatic rings. The molecule has 0 fully saturated rings. The van der Waals surface area contributed by atoms with Crippen LogP contribution in [0.3, 0.4) is 0 Å². The second-order valence-electron chi connectivity index (χ2n) is 4.91. The molecule has 1 amide bonds. The van der Waals surface area contributed by atoms with Gasteiger partial charge in [-0.2, -0.15) is 0 Å². The lowest BCUT2D eigenvalue weighted by Gasteiger charge is -2.15. The van der Waals surface area contributed by atoms with Gasteiger partial charge in [-0.1, -0.05) is 32.0 Å². The quantitative estimate of drug-likeness (QED) is 0.853. The summed E-state index contributed by atoms with van der Waals surface area (Å²) in [6.45, 7) is 3.83. The second kappa shape index (κ2) is 5.97. The molecule has 4 heteroatoms. The Balaban J connectivity index is 2.08. The van der Waals surface area contributed by atoms with Crippen LogP contribution in [0.5, 0.6) is 0 Å². The maximum atomic E-state index is 12.0. The minimum absolute atomic E-state index is 0.102. The summed E-state index contributed by atoms with van der Waals surface area (Å²) in [7, 11) is 0. The van der Waals surface area contributed by atoms with Crippen LogP contribution >= 0.6 is 11.3 Å². The predicted octanol–water partition coefficient (Wildman–Crippen LogP) is 2.78. The van der Waals surface area contributed by atoms with Crippen molar-refractivity contribution in [3.05, 3.63) is 35.2 Å². The van der Waals surface area contributed by atoms with E-state index in [-0.39, 0.29) is 11.8 Å². The highest BCUT2D eigenvalue weighted by atomic mass is 32.1. The Morgan fingerprint density at radius 2 is 2.11 bits per heavy atom. The van der Waals surface area contributed by atoms with Crippen molar-refractivity contribution in [1.29, 1.82) is 0 Å². The molecular weight excluding hydrogens is 258 g/mol. The number of rotatable bonds is 5. The van der Waals surface area contributed by atoms with Gasteiger partial charge in [-0.25, -0.2) is 0 Å². The van der Waals surface area contributed by atoms with E-state index in [2.05, 4.69) is 5.32 Å². The maximum Gasteiger partial charge on any atom is 0.225 e. The normalized spacial score (nSPS) is 12.6. The number of benzene rings is 1. The van der Waals surface area contributed by atoms with Crippen molar-refractivity contribution in [2.45, 2.75) is 26.3 Å². The lowest BCUT2D eigenvalue weighted by atomic mass is 10.1. The molecule has 0 bridgehead atoms. The lowest BCUT2D eigenvalue weighted by molar-refractivity contribution is -0.124. The van der Waals surface area contributed by atoms with Crippen LogP contribution in [0.25, 0.3) is 10.1 Å². The molecule has 1 heterocycles. The third-order valence-corrected chi connectivity index (χ3v) is 4.12. The Bertz CT molecular complexity index is 589. The number of fused-ring (bicyclic) bond motifs is 1. The zero-order valence-corrected chi connectivity index (χ0v) is 11.9. The molecule has 0 spiro atoms. The summed E-state index contributed by atoms with van der Waals surface area (Å²) in [6, 6.07) is 7.62. The predicted molar refractivity (Wildman–Crippen MR) is 78.4 cm³/mol. The van der Waals surface area contributed by atoms with Gasteiger partial charge in [0.15, 0.2) is 0 Å². The first-order valence-corrected chi connectivity index (χ1v) is 7.19. The number of carbonyl (C=O) groups excluding carboxylic acids is 2. The Morgan fingerprint density at radius 1 is 1.37 bits per heavy atom. The molecule has 1 unspecified atom stereocenters. The minimum atomic E-state index is -0.405. The Kier molecular flexibility index (Phi) is 4.32. The summed E-state index contributed by atoms with van der Waals surface area (Å²) in [5.74, 6) is 0.00928. The summed E-state index contributed by atoms with van der Waals surface area (Å²) >= 11 is 1.64. The van der Waals surface area contributed by atoms with E-state index in [9.17, 15) is 9.59 Å². The molecular formula is C15H17NO2S. The number of aldehydes is 1. The Hall–Kier alpha value is -1.68. The van der Waals surface area contributed by atoms with Gasteiger partial charge >= 0.3 is 0 Å². The molecule has 3 nitrogen and oxygen atoms in total. The molecule has 0 aliphatic rings. The van der Waals surface area contributed by atoms with Gasteiger partial charge in [0.2, 0.25) is 5.91 Å². The molecule has 1 aromatic carbocycles. The van der Waals surface area contributed by atoms with Crippen LogP contribution < -0.4 is 5.32 Å². The van der Waals surface area contributed by atoms with Crippen LogP contribution in [0.1, 0.15) is 19.4 Å². The van der Waals surface area contributed by atoms with Crippen LogP contribution in [0.4, 0.5) is 0 Å². The first-order chi connectivity index (χ1) is 9.11. The molecule has 100 valence electrons. The Morgan fingerprint density at radius 3 is 2.79 bits per heavy atom. The van der Waals surface area contributed by atoms with Crippen LogP contribution in [0.15, 0.2) is 29.6 Å². The topological polar surface area (TPSA) is 46.2 Å². The molecule has 1 aromatic heterocycles. The van der Waals surface area contributed by atoms with E-state index in [1.807, 2.05) is 43.5 Å². The molecule has 0 aliphatic heterocycles. The Labute approximate surface area is 116 Å². The van der Waals surface area contributed by atoms with E-state index in [0.29, 0.717) is 6.42 Å². The molecule has 1 N–H and O–H groups in total. The minimum Gasteiger partial charge on any atom is -0.346 e. The van der Waals surface area contributed by atoms with Gasteiger partial charge in [-0.05, 0) is 28.3 Å². The van der Waals surface area contributed by atoms with Crippen LogP contribution in [-0.4, -0.2) is 18.2 Å². The largest absolute Gasteiger partial charge is 0.346 e. The fraction of sp³-hybridized carbons (Fsp3) is 0.333. The summed E-state index contributed by atoms with van der Waals surface area (Å²) in [4.78, 5) is 22.8. The molecule has 0 saturated heterocycles. The van der Waals surface area contributed by atoms with Crippen molar-refractivity contribution in [3.8, 4) is 0 Å². The molecule has 2 rings (SSSR count). The number of amides is 1. The molecule has 0 aliphatic carbocycles. The van der Waals surface area contributed by atoms with Gasteiger partial charge in [-0.3, -0.25) is 4.79 Å². The monoisotopic (exact) mass is 275 g/mol. The molecule has 1 atom stereocenters. The maximum absolute atomic E-state index is 12.0. The third-order valence-electron chi connectivity index (χ3n) is 3.10. The number of thiophene rings is 1. The van der Waals surface area contributed by atoms with E-state index < -0.39 is 6.04 Å². The highest BCUT2D eigenvalue weighted by molar-refractivity contribution is 7.17. The van der Waals surface area contributed by atoms with Crippen molar-refractivity contribution < 1.29 is 9.59 Å². The van der Waals surface area contributed by atoms with E-state index in [0.717, 1.165) is 17.2 Å². The third kappa shape index (κ3) is 3.20. The number of nitrogens with one attached hydrogen (secondary N) is 1. The summed E-state index contributed by atoms with van der Waals surface area (Å²) in [6.07, 6.45) is 1.12. The highest BCUT2D eigenvalue weighted by Gasteiger charge is 2.16. The van der Waals surface area contributed by atoms with E-state index >= 15 is 0 Å². The average molecular weight is 275 g/mol. The van der Waals surface area contributed by atoms with Crippen LogP contribution in [-0.2, 0) is 16.0 Å². The van der Waals surface area contributed by atoms with Gasteiger partial charge in [-0.15, -0.1) is 11.3 Å². The first-order valence-electron chi connectivity index (χ1n) is 6.31. The van der Waals surface area contributed by atoms with Crippen molar-refractivity contribution in [3.63, 3.8) is 0 Å². The van der Waals surface area contributed by atoms with Crippen LogP contribution in [0.2, 0.25) is 0 Å². The SMILES string of the molecule is CC(C)C(C=O)NC(=O)Cc1csc2ccccc12. The number of carbonyl (C=O) groups is 2. The van der Waals surface area contributed by atoms with Crippen molar-refractivity contribution in [2.24, 2.45) is 5.92 Å². The fourth-order valence-electron chi connectivity index (χ4n) is 1.94. The summed E-state index contributed by atoms with van der Waals surface area (Å²) in [5, 5.41) is 5.90. The first kappa shape index (κ1) is 13.7. The smallest absolute Gasteiger partial charge is 0.225 e. The average Bonchev–Trinajstić information content (AvgIpc) is 2.79. The van der Waals surface area contributed by atoms with Gasteiger partial charge < -0.3 is 10.1 Å². The zero-order chi connectivity index (χ0) is 13.8. The summed E-state index contributed by atoms with van der Waals surface area (Å²) < 4.78 is 1.18. The van der Waals surface area contributed by atoms with E-state index in [1.165, 1.54) is 4.70 Å². The number of hydrogen-bond acceptors (Lipinski definition) is 3. The summed E-state index contributed by atoms with van der Waals surface area (Å²) in [5.41, 5.74) is 1.02. The standard InChI is InChI=1S/C15H17NO2S/c1-10(2)13(8-17)16-15(18)7-11-9-19-14-6-4-3-5-12(11)14/h3-6,8-10,13H,7H2,1-2H3,(H,16,18). The van der Waals surface area contributed by atoms with Gasteiger partial charge in [0, 0.05) is 4.70 Å². The van der Waals surface area contributed by atoms with Gasteiger partial charge in [0.25, 0.3) is 0 Å². The zero-order valence-electron chi connectivity index (χ0n) is 11.1. The molecule has 19 heavy (non-hydrogen) atoms. The van der Waals surface area contributed by atoms with Gasteiger partial charge in [0.1, 0.15) is 6.29 Å². The van der Waals surface area contributed by atoms with Crippen LogP contribution in [0, 0.1) is 5.92 Å². The van der Waals surface area contributed by atoms with Crippen molar-refractivity contribution in [2.75, 3.05) is 0 Å². The molecule has 0 saturated carbocycles. The van der Waals surface area contributed by atoms with Crippen molar-refractivity contribution in [1.82, 2.24) is 5.32 Å². The highest BCUT2D eigenvalue weighted by Crippen LogP contribution is 2.25. The molecule has 0 radical (unpaired) electrons. The van der Waals surface area contributed by atoms with Crippen molar-refractivity contribution >= 4 is 33.6 Å². The second-order valence-corrected chi connectivity index (χ2v) is 5.82. The van der Waals surface area contributed by atoms with Gasteiger partial charge in [0.05, 0.1) is 12.5 Å². The number of hydrogen-bond donors (Lipinski definition) is 1.